The highest BCUT2D eigenvalue weighted by Crippen LogP contribution is 2.38. The summed E-state index contributed by atoms with van der Waals surface area (Å²) in [6.45, 7) is 8.77. The molecule has 1 heterocycles. The molecule has 0 aromatic heterocycles. The maximum Gasteiger partial charge on any atom is 0.119 e. The van der Waals surface area contributed by atoms with Gasteiger partial charge in [0.05, 0.1) is 19.3 Å². The van der Waals surface area contributed by atoms with E-state index in [4.69, 9.17) is 4.74 Å². The van der Waals surface area contributed by atoms with Gasteiger partial charge in [0, 0.05) is 16.1 Å². The van der Waals surface area contributed by atoms with Crippen LogP contribution in [0.15, 0.2) is 59.9 Å². The molecule has 1 fully saturated rings. The molecule has 1 saturated heterocycles. The maximum atomic E-state index is 10.6. The average molecular weight is 405 g/mol. The zero-order valence-corrected chi connectivity index (χ0v) is 17.6. The molecule has 4 nitrogen and oxygen atoms in total. The van der Waals surface area contributed by atoms with Crippen molar-refractivity contribution in [2.45, 2.75) is 56.1 Å². The second kappa shape index (κ2) is 11.3. The minimum Gasteiger partial charge on any atom is -0.508 e. The minimum atomic E-state index is -0.472. The second-order valence-electron chi connectivity index (χ2n) is 7.06. The Kier molecular flexibility index (Phi) is 9.16. The van der Waals surface area contributed by atoms with Crippen LogP contribution in [0.3, 0.4) is 0 Å². The summed E-state index contributed by atoms with van der Waals surface area (Å²) in [6.07, 6.45) is 5.77. The Morgan fingerprint density at radius 1 is 1.25 bits per heavy atom. The number of aliphatic hydroxyl groups excluding tert-OH is 3. The van der Waals surface area contributed by atoms with Crippen LogP contribution in [0.2, 0.25) is 0 Å². The van der Waals surface area contributed by atoms with Gasteiger partial charge in [0.1, 0.15) is 11.5 Å². The molecule has 3 atom stereocenters. The SMILES string of the molecule is C=C(/C=C(\C(O)=C/CC)C1CC(O)CC(CO)S1)Cc1ccc(OCC)cc1. The molecule has 0 amide bonds. The lowest BCUT2D eigenvalue weighted by Crippen LogP contribution is -2.31. The third-order valence-corrected chi connectivity index (χ3v) is 6.15. The summed E-state index contributed by atoms with van der Waals surface area (Å²) in [7, 11) is 0. The van der Waals surface area contributed by atoms with Gasteiger partial charge in [-0.05, 0) is 56.4 Å². The van der Waals surface area contributed by atoms with Crippen LogP contribution in [0.1, 0.15) is 38.7 Å². The molecule has 28 heavy (non-hydrogen) atoms. The van der Waals surface area contributed by atoms with Gasteiger partial charge in [0.15, 0.2) is 0 Å². The first-order chi connectivity index (χ1) is 13.5. The van der Waals surface area contributed by atoms with E-state index in [0.717, 1.165) is 28.9 Å². The smallest absolute Gasteiger partial charge is 0.119 e. The summed E-state index contributed by atoms with van der Waals surface area (Å²) < 4.78 is 5.48. The molecular formula is C23H32O4S. The standard InChI is InChI=1S/C23H32O4S/c1-4-6-22(26)21(23-14-18(25)13-20(15-24)28-23)12-16(3)11-17-7-9-19(10-8-17)27-5-2/h6-10,12,18,20,23-26H,3-5,11,13-15H2,1-2H3/b21-12+,22-6+. The predicted octanol–water partition coefficient (Wildman–Crippen LogP) is 4.58. The first-order valence-electron chi connectivity index (χ1n) is 9.91. The van der Waals surface area contributed by atoms with Crippen LogP contribution in [0.25, 0.3) is 0 Å². The van der Waals surface area contributed by atoms with E-state index in [1.54, 1.807) is 17.8 Å². The number of ether oxygens (including phenoxy) is 1. The van der Waals surface area contributed by atoms with Crippen molar-refractivity contribution in [3.8, 4) is 5.75 Å². The number of aliphatic hydroxyl groups is 3. The topological polar surface area (TPSA) is 69.9 Å². The summed E-state index contributed by atoms with van der Waals surface area (Å²) in [4.78, 5) is 0. The van der Waals surface area contributed by atoms with Crippen molar-refractivity contribution in [2.75, 3.05) is 13.2 Å². The molecule has 5 heteroatoms. The molecule has 154 valence electrons. The molecule has 2 rings (SSSR count). The molecule has 0 radical (unpaired) electrons. The van der Waals surface area contributed by atoms with E-state index in [0.29, 0.717) is 25.9 Å². The van der Waals surface area contributed by atoms with Crippen molar-refractivity contribution in [1.82, 2.24) is 0 Å². The van der Waals surface area contributed by atoms with Gasteiger partial charge in [-0.25, -0.2) is 0 Å². The molecule has 0 bridgehead atoms. The van der Waals surface area contributed by atoms with E-state index < -0.39 is 6.10 Å². The van der Waals surface area contributed by atoms with Gasteiger partial charge in [0.2, 0.25) is 0 Å². The summed E-state index contributed by atoms with van der Waals surface area (Å²) in [5.74, 6) is 1.08. The first-order valence-corrected chi connectivity index (χ1v) is 10.9. The van der Waals surface area contributed by atoms with E-state index in [9.17, 15) is 15.3 Å². The molecule has 0 spiro atoms. The van der Waals surface area contributed by atoms with Crippen LogP contribution in [0.4, 0.5) is 0 Å². The molecule has 3 N–H and O–H groups in total. The van der Waals surface area contributed by atoms with Crippen LogP contribution < -0.4 is 4.74 Å². The summed E-state index contributed by atoms with van der Waals surface area (Å²) >= 11 is 1.62. The second-order valence-corrected chi connectivity index (χ2v) is 8.57. The van der Waals surface area contributed by atoms with Crippen LogP contribution in [-0.4, -0.2) is 45.1 Å². The zero-order chi connectivity index (χ0) is 20.5. The van der Waals surface area contributed by atoms with Gasteiger partial charge in [-0.3, -0.25) is 0 Å². The highest BCUT2D eigenvalue weighted by molar-refractivity contribution is 8.00. The van der Waals surface area contributed by atoms with Crippen molar-refractivity contribution >= 4 is 11.8 Å². The highest BCUT2D eigenvalue weighted by Gasteiger charge is 2.31. The van der Waals surface area contributed by atoms with E-state index in [2.05, 4.69) is 6.58 Å². The Balaban J connectivity index is 2.18. The van der Waals surface area contributed by atoms with Gasteiger partial charge in [0.25, 0.3) is 0 Å². The molecule has 1 aromatic carbocycles. The van der Waals surface area contributed by atoms with Crippen LogP contribution in [-0.2, 0) is 6.42 Å². The Morgan fingerprint density at radius 3 is 2.57 bits per heavy atom. The summed E-state index contributed by atoms with van der Waals surface area (Å²) in [5, 5.41) is 30.2. The van der Waals surface area contributed by atoms with Crippen LogP contribution >= 0.6 is 11.8 Å². The molecule has 0 saturated carbocycles. The normalized spacial score (nSPS) is 23.5. The molecular weight excluding hydrogens is 372 g/mol. The van der Waals surface area contributed by atoms with E-state index in [1.165, 1.54) is 0 Å². The fourth-order valence-electron chi connectivity index (χ4n) is 3.35. The van der Waals surface area contributed by atoms with E-state index in [1.807, 2.05) is 44.2 Å². The fourth-order valence-corrected chi connectivity index (χ4v) is 4.91. The van der Waals surface area contributed by atoms with E-state index >= 15 is 0 Å². The number of rotatable bonds is 9. The van der Waals surface area contributed by atoms with Crippen molar-refractivity contribution < 1.29 is 20.1 Å². The number of hydrogen-bond acceptors (Lipinski definition) is 5. The predicted molar refractivity (Wildman–Crippen MR) is 117 cm³/mol. The Morgan fingerprint density at radius 2 is 1.96 bits per heavy atom. The lowest BCUT2D eigenvalue weighted by Gasteiger charge is -2.32. The molecule has 0 aliphatic carbocycles. The van der Waals surface area contributed by atoms with Gasteiger partial charge in [-0.1, -0.05) is 37.3 Å². The molecule has 1 aromatic rings. The van der Waals surface area contributed by atoms with Crippen molar-refractivity contribution in [3.63, 3.8) is 0 Å². The number of thioether (sulfide) groups is 1. The van der Waals surface area contributed by atoms with Gasteiger partial charge in [-0.2, -0.15) is 0 Å². The van der Waals surface area contributed by atoms with Crippen molar-refractivity contribution in [3.05, 3.63) is 65.5 Å². The zero-order valence-electron chi connectivity index (χ0n) is 16.8. The number of benzene rings is 1. The molecule has 1 aliphatic rings. The van der Waals surface area contributed by atoms with Crippen LogP contribution in [0, 0.1) is 0 Å². The lowest BCUT2D eigenvalue weighted by atomic mass is 9.97. The Labute approximate surface area is 172 Å². The summed E-state index contributed by atoms with van der Waals surface area (Å²) in [6, 6.07) is 7.94. The largest absolute Gasteiger partial charge is 0.508 e. The Bertz CT molecular complexity index is 693. The number of hydrogen-bond donors (Lipinski definition) is 3. The van der Waals surface area contributed by atoms with Crippen LogP contribution in [0.5, 0.6) is 5.75 Å². The minimum absolute atomic E-state index is 0.0223. The Hall–Kier alpha value is -1.69. The van der Waals surface area contributed by atoms with Crippen molar-refractivity contribution in [1.29, 1.82) is 0 Å². The van der Waals surface area contributed by atoms with E-state index in [-0.39, 0.29) is 22.9 Å². The average Bonchev–Trinajstić information content (AvgIpc) is 2.67. The highest BCUT2D eigenvalue weighted by atomic mass is 32.2. The van der Waals surface area contributed by atoms with Crippen molar-refractivity contribution in [2.24, 2.45) is 0 Å². The van der Waals surface area contributed by atoms with Gasteiger partial charge in [-0.15, -0.1) is 11.8 Å². The molecule has 3 unspecified atom stereocenters. The third-order valence-electron chi connectivity index (χ3n) is 4.65. The number of allylic oxidation sites excluding steroid dienone is 4. The quantitative estimate of drug-likeness (QED) is 0.415. The summed E-state index contributed by atoms with van der Waals surface area (Å²) in [5.41, 5.74) is 2.78. The monoisotopic (exact) mass is 404 g/mol. The maximum absolute atomic E-state index is 10.6. The fraction of sp³-hybridized carbons (Fsp3) is 0.478. The molecule has 1 aliphatic heterocycles. The third kappa shape index (κ3) is 6.73. The van der Waals surface area contributed by atoms with Gasteiger partial charge < -0.3 is 20.1 Å². The van der Waals surface area contributed by atoms with Gasteiger partial charge >= 0.3 is 0 Å². The lowest BCUT2D eigenvalue weighted by molar-refractivity contribution is 0.139. The first kappa shape index (κ1) is 22.6.